The lowest BCUT2D eigenvalue weighted by atomic mass is 9.69. The maximum Gasteiger partial charge on any atom is 0.416 e. The SMILES string of the molecule is CC(C)(C)[Si](OCC1=C2[C@@H](CC/C(=C/c3ccc(O)c4ccccc34)c3ccccn3)OC[C@@H]2[C@@H]2C(=O)N(c3cc(C(F)(F)F)cc(C(F)(F)F)c3)C(=O)[C@@H]2C1)(c1ccccc1)c1ccccc1. The van der Waals surface area contributed by atoms with Gasteiger partial charge >= 0.3 is 12.4 Å². The van der Waals surface area contributed by atoms with Crippen molar-refractivity contribution in [3.8, 4) is 5.75 Å². The number of rotatable bonds is 11. The van der Waals surface area contributed by atoms with Gasteiger partial charge in [0.05, 0.1) is 53.7 Å². The van der Waals surface area contributed by atoms with Crippen molar-refractivity contribution < 1.29 is 50.2 Å². The van der Waals surface area contributed by atoms with Gasteiger partial charge in [-0.2, -0.15) is 26.3 Å². The molecule has 6 aromatic rings. The highest BCUT2D eigenvalue weighted by molar-refractivity contribution is 6.99. The summed E-state index contributed by atoms with van der Waals surface area (Å²) in [7, 11) is -3.21. The topological polar surface area (TPSA) is 89.0 Å². The van der Waals surface area contributed by atoms with E-state index in [0.717, 1.165) is 32.5 Å². The molecule has 2 aliphatic heterocycles. The lowest BCUT2D eigenvalue weighted by molar-refractivity contribution is -0.143. The van der Waals surface area contributed by atoms with Crippen molar-refractivity contribution in [1.82, 2.24) is 4.98 Å². The molecular weight excluding hydrogens is 899 g/mol. The Morgan fingerprint density at radius 2 is 1.37 bits per heavy atom. The molecule has 2 saturated heterocycles. The van der Waals surface area contributed by atoms with E-state index in [2.05, 4.69) is 25.8 Å². The van der Waals surface area contributed by atoms with Crippen LogP contribution in [-0.2, 0) is 31.1 Å². The number of phenolic OH excluding ortho intramolecular Hbond substituents is 1. The highest BCUT2D eigenvalue weighted by Crippen LogP contribution is 2.52. The fraction of sp³-hybridized carbons (Fsp3) is 0.278. The van der Waals surface area contributed by atoms with E-state index in [4.69, 9.17) is 9.16 Å². The second kappa shape index (κ2) is 17.9. The fourth-order valence-corrected chi connectivity index (χ4v) is 15.2. The number of halogens is 6. The van der Waals surface area contributed by atoms with Gasteiger partial charge in [-0.25, -0.2) is 4.90 Å². The highest BCUT2D eigenvalue weighted by atomic mass is 28.4. The summed E-state index contributed by atoms with van der Waals surface area (Å²) in [5.41, 5.74) is -0.165. The molecule has 0 unspecified atom stereocenters. The maximum absolute atomic E-state index is 14.6. The average Bonchev–Trinajstić information content (AvgIpc) is 3.85. The van der Waals surface area contributed by atoms with Crippen LogP contribution in [0.4, 0.5) is 32.0 Å². The molecule has 1 aliphatic carbocycles. The molecule has 0 bridgehead atoms. The number of hydrogen-bond acceptors (Lipinski definition) is 6. The van der Waals surface area contributed by atoms with Crippen LogP contribution in [0, 0.1) is 17.8 Å². The summed E-state index contributed by atoms with van der Waals surface area (Å²) in [4.78, 5) is 34.4. The number of imide groups is 1. The average molecular weight is 947 g/mol. The van der Waals surface area contributed by atoms with E-state index in [1.807, 2.05) is 115 Å². The number of alkyl halides is 6. The second-order valence-electron chi connectivity index (χ2n) is 18.7. The molecule has 1 aromatic heterocycles. The third kappa shape index (κ3) is 8.58. The molecule has 0 spiro atoms. The molecule has 0 radical (unpaired) electrons. The van der Waals surface area contributed by atoms with Gasteiger partial charge in [-0.1, -0.05) is 118 Å². The summed E-state index contributed by atoms with van der Waals surface area (Å²) in [5, 5.41) is 13.7. The van der Waals surface area contributed by atoms with Gasteiger partial charge in [0.2, 0.25) is 11.8 Å². The molecule has 7 nitrogen and oxygen atoms in total. The third-order valence-corrected chi connectivity index (χ3v) is 18.6. The fourth-order valence-electron chi connectivity index (χ4n) is 10.6. The van der Waals surface area contributed by atoms with Gasteiger partial charge in [-0.05, 0) is 105 Å². The molecule has 68 heavy (non-hydrogen) atoms. The highest BCUT2D eigenvalue weighted by Gasteiger charge is 2.58. The summed E-state index contributed by atoms with van der Waals surface area (Å²) in [6, 6.07) is 37.3. The molecule has 2 fully saturated rings. The zero-order chi connectivity index (χ0) is 48.2. The number of carbonyl (C=O) groups excluding carboxylic acids is 2. The van der Waals surface area contributed by atoms with Crippen LogP contribution in [-0.4, -0.2) is 49.5 Å². The number of pyridine rings is 1. The molecule has 14 heteroatoms. The Bertz CT molecular complexity index is 2860. The van der Waals surface area contributed by atoms with Crippen molar-refractivity contribution in [3.63, 3.8) is 0 Å². The number of aromatic hydroxyl groups is 1. The number of anilines is 1. The number of fused-ring (bicyclic) bond motifs is 4. The van der Waals surface area contributed by atoms with E-state index in [0.29, 0.717) is 46.5 Å². The Morgan fingerprint density at radius 3 is 1.96 bits per heavy atom. The first-order valence-corrected chi connectivity index (χ1v) is 24.4. The number of amides is 2. The number of nitrogens with zero attached hydrogens (tertiary/aromatic N) is 2. The number of ether oxygens (including phenoxy) is 1. The normalized spacial score (nSPS) is 20.3. The first-order valence-electron chi connectivity index (χ1n) is 22.4. The van der Waals surface area contributed by atoms with Gasteiger partial charge in [0.15, 0.2) is 0 Å². The molecule has 5 aromatic carbocycles. The van der Waals surface area contributed by atoms with Crippen LogP contribution in [0.3, 0.4) is 0 Å². The van der Waals surface area contributed by atoms with Crippen LogP contribution in [0.15, 0.2) is 151 Å². The standard InChI is InChI=1S/C54H48F6N2O5Si/c1-52(2,3)68(39-14-6-4-7-15-39,40-16-8-5-9-17-40)67-31-35-27-43-49(51(65)62(50(43)64)38-29-36(53(55,56)57)28-37(30-38)54(58,59)60)44-32-66-47(48(35)44)24-22-34(45-20-12-13-25-61-45)26-33-21-23-46(63)42-19-11-10-18-41(33)42/h4-21,23,25-26,28-30,43-44,47,49,63H,22,24,27,31-32H2,1-3H3/b34-26-/t43-,44+,47-,49-/m1/s1. The number of phenols is 1. The van der Waals surface area contributed by atoms with E-state index < -0.39 is 78.2 Å². The van der Waals surface area contributed by atoms with Crippen molar-refractivity contribution in [3.05, 3.63) is 173 Å². The third-order valence-electron chi connectivity index (χ3n) is 13.7. The predicted octanol–water partition coefficient (Wildman–Crippen LogP) is 11.4. The monoisotopic (exact) mass is 946 g/mol. The molecule has 4 atom stereocenters. The van der Waals surface area contributed by atoms with Crippen LogP contribution >= 0.6 is 0 Å². The zero-order valence-electron chi connectivity index (χ0n) is 37.4. The minimum atomic E-state index is -5.20. The Hall–Kier alpha value is -6.35. The predicted molar refractivity (Wildman–Crippen MR) is 251 cm³/mol. The van der Waals surface area contributed by atoms with Crippen molar-refractivity contribution in [1.29, 1.82) is 0 Å². The molecule has 3 heterocycles. The first kappa shape index (κ1) is 46.7. The molecule has 9 rings (SSSR count). The Labute approximate surface area is 390 Å². The number of aromatic nitrogens is 1. The van der Waals surface area contributed by atoms with E-state index in [-0.39, 0.29) is 31.5 Å². The summed E-state index contributed by atoms with van der Waals surface area (Å²) >= 11 is 0. The summed E-state index contributed by atoms with van der Waals surface area (Å²) in [6.07, 6.45) is -6.49. The Kier molecular flexibility index (Phi) is 12.3. The van der Waals surface area contributed by atoms with E-state index in [9.17, 15) is 41.0 Å². The van der Waals surface area contributed by atoms with Crippen molar-refractivity contribution in [2.45, 2.75) is 63.5 Å². The first-order chi connectivity index (χ1) is 32.4. The minimum Gasteiger partial charge on any atom is -0.507 e. The zero-order valence-corrected chi connectivity index (χ0v) is 38.4. The van der Waals surface area contributed by atoms with Crippen LogP contribution in [0.5, 0.6) is 5.75 Å². The van der Waals surface area contributed by atoms with Gasteiger partial charge in [-0.15, -0.1) is 0 Å². The van der Waals surface area contributed by atoms with Gasteiger partial charge in [-0.3, -0.25) is 14.6 Å². The summed E-state index contributed by atoms with van der Waals surface area (Å²) < 4.78 is 98.8. The lowest BCUT2D eigenvalue weighted by Gasteiger charge is -2.44. The maximum atomic E-state index is 14.6. The van der Waals surface area contributed by atoms with Gasteiger partial charge < -0.3 is 14.3 Å². The summed E-state index contributed by atoms with van der Waals surface area (Å²) in [5.74, 6) is -4.55. The second-order valence-corrected chi connectivity index (χ2v) is 23.0. The minimum absolute atomic E-state index is 0.0155. The van der Waals surface area contributed by atoms with Crippen molar-refractivity contribution >= 4 is 58.6 Å². The largest absolute Gasteiger partial charge is 0.507 e. The molecule has 2 amide bonds. The van der Waals surface area contributed by atoms with Crippen LogP contribution < -0.4 is 15.3 Å². The molecule has 350 valence electrons. The molecule has 0 saturated carbocycles. The van der Waals surface area contributed by atoms with Crippen LogP contribution in [0.2, 0.25) is 5.04 Å². The number of benzene rings is 5. The quantitative estimate of drug-likeness (QED) is 0.0602. The van der Waals surface area contributed by atoms with Gasteiger partial charge in [0.25, 0.3) is 8.32 Å². The number of carbonyl (C=O) groups is 2. The summed E-state index contributed by atoms with van der Waals surface area (Å²) in [6.45, 7) is 6.39. The lowest BCUT2D eigenvalue weighted by Crippen LogP contribution is -2.66. The van der Waals surface area contributed by atoms with Crippen LogP contribution in [0.1, 0.15) is 62.4 Å². The van der Waals surface area contributed by atoms with E-state index in [1.54, 1.807) is 12.3 Å². The smallest absolute Gasteiger partial charge is 0.416 e. The molecule has 3 aliphatic rings. The van der Waals surface area contributed by atoms with Crippen molar-refractivity contribution in [2.75, 3.05) is 18.1 Å². The molecule has 1 N–H and O–H groups in total. The van der Waals surface area contributed by atoms with Gasteiger partial charge in [0.1, 0.15) is 5.75 Å². The van der Waals surface area contributed by atoms with Crippen molar-refractivity contribution in [2.24, 2.45) is 17.8 Å². The number of allylic oxidation sites excluding steroid dienone is 1. The Morgan fingerprint density at radius 1 is 0.765 bits per heavy atom. The van der Waals surface area contributed by atoms with E-state index >= 15 is 0 Å². The Balaban J connectivity index is 1.14. The van der Waals surface area contributed by atoms with Gasteiger partial charge in [0, 0.05) is 17.5 Å². The van der Waals surface area contributed by atoms with E-state index in [1.165, 1.54) is 0 Å². The number of hydrogen-bond donors (Lipinski definition) is 1. The molecular formula is C54H48F6N2O5Si. The van der Waals surface area contributed by atoms with Crippen LogP contribution in [0.25, 0.3) is 22.4 Å².